The normalized spacial score (nSPS) is 49.2. The quantitative estimate of drug-likeness (QED) is 0.542. The molecule has 0 aromatic heterocycles. The van der Waals surface area contributed by atoms with Crippen molar-refractivity contribution >= 4 is 17.7 Å². The lowest BCUT2D eigenvalue weighted by atomic mass is 9.63. The van der Waals surface area contributed by atoms with E-state index in [0.29, 0.717) is 5.57 Å². The zero-order chi connectivity index (χ0) is 20.5. The third kappa shape index (κ3) is 2.25. The zero-order valence-corrected chi connectivity index (χ0v) is 16.6. The highest BCUT2D eigenvalue weighted by Gasteiger charge is 2.77. The van der Waals surface area contributed by atoms with Crippen LogP contribution < -0.4 is 0 Å². The van der Waals surface area contributed by atoms with Crippen molar-refractivity contribution in [3.05, 3.63) is 11.6 Å². The summed E-state index contributed by atoms with van der Waals surface area (Å²) in [6, 6.07) is 0. The number of allylic oxidation sites excluding steroid dienone is 1. The lowest BCUT2D eigenvalue weighted by molar-refractivity contribution is -0.273. The maximum atomic E-state index is 13.5. The molecular formula is C20H26O8. The lowest BCUT2D eigenvalue weighted by Crippen LogP contribution is -2.71. The minimum absolute atomic E-state index is 0.0595. The lowest BCUT2D eigenvalue weighted by Gasteiger charge is -2.55. The van der Waals surface area contributed by atoms with Crippen LogP contribution in [-0.4, -0.2) is 65.1 Å². The fourth-order valence-electron chi connectivity index (χ4n) is 5.45. The summed E-state index contributed by atoms with van der Waals surface area (Å²) in [6.45, 7) is 4.97. The number of carbonyl (C=O) groups is 3. The summed E-state index contributed by atoms with van der Waals surface area (Å²) >= 11 is 0. The Balaban J connectivity index is 1.96. The van der Waals surface area contributed by atoms with E-state index in [1.165, 1.54) is 7.11 Å². The second-order valence-corrected chi connectivity index (χ2v) is 8.78. The van der Waals surface area contributed by atoms with Gasteiger partial charge in [0.2, 0.25) is 0 Å². The second-order valence-electron chi connectivity index (χ2n) is 8.78. The van der Waals surface area contributed by atoms with Gasteiger partial charge in [0.25, 0.3) is 0 Å². The van der Waals surface area contributed by atoms with Crippen molar-refractivity contribution in [1.29, 1.82) is 0 Å². The number of rotatable bonds is 2. The van der Waals surface area contributed by atoms with Gasteiger partial charge in [-0.3, -0.25) is 9.59 Å². The Morgan fingerprint density at radius 3 is 2.61 bits per heavy atom. The number of esters is 2. The molecule has 1 N–H and O–H groups in total. The van der Waals surface area contributed by atoms with Gasteiger partial charge >= 0.3 is 11.9 Å². The van der Waals surface area contributed by atoms with E-state index < -0.39 is 52.1 Å². The third-order valence-electron chi connectivity index (χ3n) is 6.90. The average molecular weight is 394 g/mol. The molecule has 0 radical (unpaired) electrons. The predicted octanol–water partition coefficient (Wildman–Crippen LogP) is 0.838. The molecule has 4 aliphatic heterocycles. The van der Waals surface area contributed by atoms with E-state index in [2.05, 4.69) is 0 Å². The van der Waals surface area contributed by atoms with Gasteiger partial charge in [-0.25, -0.2) is 4.79 Å². The van der Waals surface area contributed by atoms with Gasteiger partial charge in [0.15, 0.2) is 11.4 Å². The molecule has 2 spiro atoms. The molecule has 0 aliphatic carbocycles. The van der Waals surface area contributed by atoms with E-state index in [1.807, 2.05) is 0 Å². The van der Waals surface area contributed by atoms with Crippen LogP contribution in [0.15, 0.2) is 11.6 Å². The highest BCUT2D eigenvalue weighted by atomic mass is 16.7. The highest BCUT2D eigenvalue weighted by Crippen LogP contribution is 2.60. The van der Waals surface area contributed by atoms with Gasteiger partial charge in [-0.1, -0.05) is 6.08 Å². The number of methoxy groups -OCH3 is 1. The molecule has 4 rings (SSSR count). The first-order valence-corrected chi connectivity index (χ1v) is 9.61. The van der Waals surface area contributed by atoms with Crippen molar-refractivity contribution in [1.82, 2.24) is 0 Å². The van der Waals surface area contributed by atoms with E-state index in [-0.39, 0.29) is 32.3 Å². The molecule has 0 aromatic carbocycles. The van der Waals surface area contributed by atoms with Crippen molar-refractivity contribution in [3.63, 3.8) is 0 Å². The molecule has 4 fully saturated rings. The molecule has 4 heterocycles. The maximum Gasteiger partial charge on any atom is 0.337 e. The smallest absolute Gasteiger partial charge is 0.337 e. The molecular weight excluding hydrogens is 368 g/mol. The first-order chi connectivity index (χ1) is 13.1. The molecule has 0 amide bonds. The zero-order valence-electron chi connectivity index (χ0n) is 16.6. The molecule has 6 atom stereocenters. The number of ketones is 1. The minimum Gasteiger partial charge on any atom is -0.458 e. The predicted molar refractivity (Wildman–Crippen MR) is 94.1 cm³/mol. The number of carbonyl (C=O) groups excluding carboxylic acids is 3. The summed E-state index contributed by atoms with van der Waals surface area (Å²) in [6.07, 6.45) is 1.21. The van der Waals surface area contributed by atoms with Crippen LogP contribution >= 0.6 is 0 Å². The van der Waals surface area contributed by atoms with E-state index >= 15 is 0 Å². The topological polar surface area (TPSA) is 108 Å². The Bertz CT molecular complexity index is 785. The van der Waals surface area contributed by atoms with Crippen LogP contribution in [0.2, 0.25) is 0 Å². The van der Waals surface area contributed by atoms with Crippen molar-refractivity contribution in [2.45, 2.75) is 75.0 Å². The summed E-state index contributed by atoms with van der Waals surface area (Å²) in [5.74, 6) is -2.47. The molecule has 4 aliphatic rings. The van der Waals surface area contributed by atoms with Crippen LogP contribution in [0.5, 0.6) is 0 Å². The Labute approximate surface area is 163 Å². The summed E-state index contributed by atoms with van der Waals surface area (Å²) in [4.78, 5) is 38.8. The van der Waals surface area contributed by atoms with E-state index in [0.717, 1.165) is 0 Å². The number of hydrogen-bond donors (Lipinski definition) is 1. The molecule has 0 aromatic rings. The number of aliphatic hydroxyl groups is 1. The second kappa shape index (κ2) is 5.87. The number of ether oxygens (including phenoxy) is 4. The van der Waals surface area contributed by atoms with Gasteiger partial charge in [-0.05, 0) is 33.6 Å². The standard InChI is InChI=1S/C20H26O8/c1-5-11-16(23)27-18(3)9-14-20(12(10-25-4)15(22)26-14)13(21)8-17(2,24)6-7-19(11,18)28-20/h5,12,14,24H,6-10H2,1-4H3/b11-5-/t12?,14-,17+,18+,19-,20+/m0/s1. The summed E-state index contributed by atoms with van der Waals surface area (Å²) < 4.78 is 23.1. The van der Waals surface area contributed by atoms with Gasteiger partial charge in [0.1, 0.15) is 23.2 Å². The maximum absolute atomic E-state index is 13.5. The molecule has 154 valence electrons. The van der Waals surface area contributed by atoms with Crippen LogP contribution in [0.25, 0.3) is 0 Å². The van der Waals surface area contributed by atoms with Crippen molar-refractivity contribution < 1.29 is 38.4 Å². The molecule has 4 saturated heterocycles. The first kappa shape index (κ1) is 19.5. The van der Waals surface area contributed by atoms with Crippen LogP contribution in [0.1, 0.15) is 46.5 Å². The van der Waals surface area contributed by atoms with Gasteiger partial charge in [-0.15, -0.1) is 0 Å². The Kier molecular flexibility index (Phi) is 4.10. The Morgan fingerprint density at radius 2 is 1.96 bits per heavy atom. The van der Waals surface area contributed by atoms with Crippen LogP contribution in [-0.2, 0) is 33.3 Å². The van der Waals surface area contributed by atoms with Crippen LogP contribution in [0.3, 0.4) is 0 Å². The average Bonchev–Trinajstić information content (AvgIpc) is 2.97. The molecule has 8 heteroatoms. The summed E-state index contributed by atoms with van der Waals surface area (Å²) in [5, 5.41) is 10.9. The van der Waals surface area contributed by atoms with Crippen LogP contribution in [0, 0.1) is 5.92 Å². The molecule has 28 heavy (non-hydrogen) atoms. The SMILES string of the molecule is C/C=C1/C(=O)O[C@]2(C)C[C@@H]3OC(=O)C(COC)[C@]34O[C@@]12CC[C@@](C)(O)CC4=O. The third-order valence-corrected chi connectivity index (χ3v) is 6.90. The van der Waals surface area contributed by atoms with Crippen molar-refractivity contribution in [2.75, 3.05) is 13.7 Å². The molecule has 8 nitrogen and oxygen atoms in total. The molecule has 1 unspecified atom stereocenters. The fraction of sp³-hybridized carbons (Fsp3) is 0.750. The number of Topliss-reactive ketones (excluding diaryl/α,β-unsaturated/α-hetero) is 1. The number of hydrogen-bond acceptors (Lipinski definition) is 8. The van der Waals surface area contributed by atoms with Gasteiger partial charge < -0.3 is 24.1 Å². The van der Waals surface area contributed by atoms with Gasteiger partial charge in [0.05, 0.1) is 17.8 Å². The van der Waals surface area contributed by atoms with Crippen molar-refractivity contribution in [3.8, 4) is 0 Å². The van der Waals surface area contributed by atoms with Gasteiger partial charge in [-0.2, -0.15) is 0 Å². The Hall–Kier alpha value is -1.77. The summed E-state index contributed by atoms with van der Waals surface area (Å²) in [5.41, 5.74) is -4.99. The fourth-order valence-corrected chi connectivity index (χ4v) is 5.45. The van der Waals surface area contributed by atoms with E-state index in [4.69, 9.17) is 18.9 Å². The molecule has 0 saturated carbocycles. The van der Waals surface area contributed by atoms with E-state index in [9.17, 15) is 19.5 Å². The first-order valence-electron chi connectivity index (χ1n) is 9.61. The monoisotopic (exact) mass is 394 g/mol. The highest BCUT2D eigenvalue weighted by molar-refractivity contribution is 5.99. The summed E-state index contributed by atoms with van der Waals surface area (Å²) in [7, 11) is 1.43. The van der Waals surface area contributed by atoms with Crippen molar-refractivity contribution in [2.24, 2.45) is 5.92 Å². The largest absolute Gasteiger partial charge is 0.458 e. The van der Waals surface area contributed by atoms with Gasteiger partial charge in [0, 0.05) is 20.0 Å². The van der Waals surface area contributed by atoms with E-state index in [1.54, 1.807) is 26.8 Å². The van der Waals surface area contributed by atoms with Crippen LogP contribution in [0.4, 0.5) is 0 Å². The minimum atomic E-state index is -1.63. The molecule has 2 bridgehead atoms. The Morgan fingerprint density at radius 1 is 1.25 bits per heavy atom.